The van der Waals surface area contributed by atoms with E-state index >= 15 is 0 Å². The maximum absolute atomic E-state index is 13.4. The molecule has 0 unspecified atom stereocenters. The summed E-state index contributed by atoms with van der Waals surface area (Å²) < 4.78 is 34.4. The van der Waals surface area contributed by atoms with Gasteiger partial charge in [0.2, 0.25) is 20.9 Å². The minimum absolute atomic E-state index is 0.0297. The molecular weight excluding hydrogens is 450 g/mol. The van der Waals surface area contributed by atoms with Crippen LogP contribution in [0, 0.1) is 18.8 Å². The second-order valence-electron chi connectivity index (χ2n) is 10.3. The van der Waals surface area contributed by atoms with E-state index in [4.69, 9.17) is 4.74 Å². The predicted molar refractivity (Wildman–Crippen MR) is 133 cm³/mol. The maximum Gasteiger partial charge on any atom is 0.228 e. The molecule has 0 spiro atoms. The summed E-state index contributed by atoms with van der Waals surface area (Å²) in [5.41, 5.74) is 2.51. The van der Waals surface area contributed by atoms with Gasteiger partial charge in [-0.15, -0.1) is 0 Å². The molecule has 1 saturated heterocycles. The number of amides is 1. The molecule has 1 aromatic carbocycles. The normalized spacial score (nSPS) is 16.5. The summed E-state index contributed by atoms with van der Waals surface area (Å²) in [6.07, 6.45) is 4.04. The first-order valence-electron chi connectivity index (χ1n) is 12.3. The van der Waals surface area contributed by atoms with Gasteiger partial charge < -0.3 is 14.2 Å². The fourth-order valence-electron chi connectivity index (χ4n) is 4.38. The van der Waals surface area contributed by atoms with Crippen molar-refractivity contribution in [2.24, 2.45) is 11.8 Å². The van der Waals surface area contributed by atoms with E-state index in [9.17, 15) is 13.2 Å². The minimum atomic E-state index is -3.66. The zero-order chi connectivity index (χ0) is 24.9. The van der Waals surface area contributed by atoms with Crippen LogP contribution >= 0.6 is 0 Å². The Morgan fingerprint density at radius 1 is 1.24 bits per heavy atom. The third kappa shape index (κ3) is 7.15. The number of aromatic nitrogens is 2. The molecule has 0 radical (unpaired) electrons. The van der Waals surface area contributed by atoms with Crippen molar-refractivity contribution < 1.29 is 17.9 Å². The monoisotopic (exact) mass is 489 g/mol. The van der Waals surface area contributed by atoms with E-state index in [-0.39, 0.29) is 34.8 Å². The van der Waals surface area contributed by atoms with Crippen LogP contribution in [0.3, 0.4) is 0 Å². The average Bonchev–Trinajstić information content (AvgIpc) is 3.37. The Balaban J connectivity index is 1.90. The molecule has 7 nitrogen and oxygen atoms in total. The van der Waals surface area contributed by atoms with Gasteiger partial charge in [-0.05, 0) is 37.2 Å². The minimum Gasteiger partial charge on any atom is -0.376 e. The molecule has 0 saturated carbocycles. The summed E-state index contributed by atoms with van der Waals surface area (Å²) in [7, 11) is -3.66. The number of benzene rings is 1. The number of aryl methyl sites for hydroxylation is 1. The summed E-state index contributed by atoms with van der Waals surface area (Å²) in [6.45, 7) is 12.2. The van der Waals surface area contributed by atoms with Crippen LogP contribution in [0.15, 0.2) is 35.6 Å². The van der Waals surface area contributed by atoms with Crippen molar-refractivity contribution >= 4 is 15.7 Å². The van der Waals surface area contributed by atoms with Crippen molar-refractivity contribution in [1.29, 1.82) is 0 Å². The van der Waals surface area contributed by atoms with Crippen molar-refractivity contribution in [3.05, 3.63) is 47.3 Å². The highest BCUT2D eigenvalue weighted by Crippen LogP contribution is 2.22. The van der Waals surface area contributed by atoms with Crippen LogP contribution in [-0.4, -0.2) is 48.0 Å². The first kappa shape index (κ1) is 26.4. The summed E-state index contributed by atoms with van der Waals surface area (Å²) in [4.78, 5) is 19.3. The molecule has 1 amide bonds. The predicted octanol–water partition coefficient (Wildman–Crippen LogP) is 4.38. The lowest BCUT2D eigenvalue weighted by atomic mass is 10.1. The molecule has 3 rings (SSSR count). The molecule has 34 heavy (non-hydrogen) atoms. The van der Waals surface area contributed by atoms with Gasteiger partial charge in [-0.2, -0.15) is 0 Å². The first-order chi connectivity index (χ1) is 16.0. The fraction of sp³-hybridized carbons (Fsp3) is 0.615. The van der Waals surface area contributed by atoms with Crippen LogP contribution in [0.25, 0.3) is 0 Å². The number of hydrogen-bond acceptors (Lipinski definition) is 5. The Morgan fingerprint density at radius 3 is 2.62 bits per heavy atom. The van der Waals surface area contributed by atoms with Gasteiger partial charge in [0, 0.05) is 26.1 Å². The second kappa shape index (κ2) is 11.5. The van der Waals surface area contributed by atoms with Crippen molar-refractivity contribution in [3.8, 4) is 0 Å². The number of ether oxygens (including phenoxy) is 1. The molecule has 1 aromatic heterocycles. The standard InChI is InChI=1S/C26H39N3O4S/c1-19(2)12-25(30)28(17-24-10-7-11-33-24)16-23-14-27-26(29(23)15-20(3)4)34(31,32)18-22-9-6-8-21(5)13-22/h6,8-9,13-14,19-20,24H,7,10-12,15-18H2,1-5H3/t24-/m0/s1. The van der Waals surface area contributed by atoms with Crippen LogP contribution < -0.4 is 0 Å². The Bertz CT molecular complexity index is 1070. The van der Waals surface area contributed by atoms with E-state index in [1.54, 1.807) is 10.8 Å². The van der Waals surface area contributed by atoms with Gasteiger partial charge >= 0.3 is 0 Å². The summed E-state index contributed by atoms with van der Waals surface area (Å²) in [5.74, 6) is 0.422. The van der Waals surface area contributed by atoms with Gasteiger partial charge in [-0.25, -0.2) is 13.4 Å². The van der Waals surface area contributed by atoms with Gasteiger partial charge in [0.05, 0.1) is 30.3 Å². The van der Waals surface area contributed by atoms with Crippen molar-refractivity contribution in [1.82, 2.24) is 14.5 Å². The number of rotatable bonds is 11. The molecule has 2 aromatic rings. The molecule has 0 N–H and O–H groups in total. The number of imidazole rings is 1. The van der Waals surface area contributed by atoms with Crippen molar-refractivity contribution in [2.75, 3.05) is 13.2 Å². The summed E-state index contributed by atoms with van der Waals surface area (Å²) in [6, 6.07) is 7.54. The Hall–Kier alpha value is -2.19. The first-order valence-corrected chi connectivity index (χ1v) is 13.9. The highest BCUT2D eigenvalue weighted by molar-refractivity contribution is 7.90. The van der Waals surface area contributed by atoms with E-state index in [2.05, 4.69) is 18.8 Å². The molecule has 8 heteroatoms. The number of hydrogen-bond donors (Lipinski definition) is 0. The van der Waals surface area contributed by atoms with Gasteiger partial charge in [0.15, 0.2) is 0 Å². The van der Waals surface area contributed by atoms with E-state index in [1.165, 1.54) is 0 Å². The zero-order valence-electron chi connectivity index (χ0n) is 21.2. The Kier molecular flexibility index (Phi) is 8.93. The molecule has 2 heterocycles. The van der Waals surface area contributed by atoms with E-state index in [0.29, 0.717) is 26.1 Å². The third-order valence-electron chi connectivity index (χ3n) is 5.90. The fourth-order valence-corrected chi connectivity index (χ4v) is 5.86. The van der Waals surface area contributed by atoms with Crippen molar-refractivity contribution in [2.45, 2.75) is 84.0 Å². The molecule has 1 aliphatic heterocycles. The lowest BCUT2D eigenvalue weighted by molar-refractivity contribution is -0.134. The summed E-state index contributed by atoms with van der Waals surface area (Å²) in [5, 5.41) is 0.0751. The number of sulfone groups is 1. The van der Waals surface area contributed by atoms with Gasteiger partial charge in [0.25, 0.3) is 0 Å². The quantitative estimate of drug-likeness (QED) is 0.468. The summed E-state index contributed by atoms with van der Waals surface area (Å²) >= 11 is 0. The van der Waals surface area contributed by atoms with E-state index in [1.807, 2.05) is 49.9 Å². The van der Waals surface area contributed by atoms with Crippen LogP contribution in [-0.2, 0) is 38.2 Å². The number of carbonyl (C=O) groups excluding carboxylic acids is 1. The van der Waals surface area contributed by atoms with Crippen molar-refractivity contribution in [3.63, 3.8) is 0 Å². The molecule has 1 atom stereocenters. The van der Waals surface area contributed by atoms with Crippen LogP contribution in [0.5, 0.6) is 0 Å². The molecule has 0 aliphatic carbocycles. The van der Waals surface area contributed by atoms with E-state index < -0.39 is 9.84 Å². The average molecular weight is 490 g/mol. The van der Waals surface area contributed by atoms with Gasteiger partial charge in [0.1, 0.15) is 0 Å². The van der Waals surface area contributed by atoms with Crippen LogP contribution in [0.4, 0.5) is 0 Å². The number of carbonyl (C=O) groups is 1. The van der Waals surface area contributed by atoms with Crippen LogP contribution in [0.1, 0.15) is 63.8 Å². The SMILES string of the molecule is Cc1cccc(CS(=O)(=O)c2ncc(CN(C[C@@H]3CCCO3)C(=O)CC(C)C)n2CC(C)C)c1. The highest BCUT2D eigenvalue weighted by atomic mass is 32.2. The number of nitrogens with zero attached hydrogens (tertiary/aromatic N) is 3. The molecular formula is C26H39N3O4S. The molecule has 0 bridgehead atoms. The smallest absolute Gasteiger partial charge is 0.228 e. The zero-order valence-corrected chi connectivity index (χ0v) is 22.0. The Labute approximate surface area is 204 Å². The molecule has 1 fully saturated rings. The largest absolute Gasteiger partial charge is 0.376 e. The second-order valence-corrected chi connectivity index (χ2v) is 12.2. The molecule has 1 aliphatic rings. The Morgan fingerprint density at radius 2 is 2.00 bits per heavy atom. The van der Waals surface area contributed by atoms with E-state index in [0.717, 1.165) is 36.3 Å². The van der Waals surface area contributed by atoms with Gasteiger partial charge in [-0.3, -0.25) is 4.79 Å². The lowest BCUT2D eigenvalue weighted by Gasteiger charge is -2.27. The topological polar surface area (TPSA) is 81.5 Å². The molecule has 188 valence electrons. The van der Waals surface area contributed by atoms with Gasteiger partial charge in [-0.1, -0.05) is 57.5 Å². The third-order valence-corrected chi connectivity index (χ3v) is 7.50. The lowest BCUT2D eigenvalue weighted by Crippen LogP contribution is -2.38. The highest BCUT2D eigenvalue weighted by Gasteiger charge is 2.28. The van der Waals surface area contributed by atoms with Crippen LogP contribution in [0.2, 0.25) is 0 Å². The maximum atomic E-state index is 13.4.